The van der Waals surface area contributed by atoms with E-state index in [1.807, 2.05) is 0 Å². The van der Waals surface area contributed by atoms with Crippen molar-refractivity contribution in [3.8, 4) is 0 Å². The first kappa shape index (κ1) is 19.4. The van der Waals surface area contributed by atoms with Crippen molar-refractivity contribution in [1.29, 1.82) is 0 Å². The molecule has 7 nitrogen and oxygen atoms in total. The summed E-state index contributed by atoms with van der Waals surface area (Å²) in [7, 11) is 2.54. The minimum Gasteiger partial charge on any atom is -0.468 e. The second kappa shape index (κ2) is 8.13. The normalized spacial score (nSPS) is 11.5. The van der Waals surface area contributed by atoms with E-state index in [9.17, 15) is 18.8 Å². The molecule has 2 aromatic carbocycles. The molecule has 1 aromatic heterocycles. The lowest BCUT2D eigenvalue weighted by molar-refractivity contribution is -0.141. The Balaban J connectivity index is 2.14. The molecule has 0 fully saturated rings. The SMILES string of the molecule is COC(=O)Cn1c(=NC(=O)c2ccc(F)cc2)sc2cc(C(=O)OC)ccc21. The van der Waals surface area contributed by atoms with Crippen molar-refractivity contribution >= 4 is 39.4 Å². The Labute approximate surface area is 162 Å². The third-order valence-electron chi connectivity index (χ3n) is 3.91. The van der Waals surface area contributed by atoms with Crippen molar-refractivity contribution in [1.82, 2.24) is 4.57 Å². The number of aromatic nitrogens is 1. The van der Waals surface area contributed by atoms with E-state index in [1.54, 1.807) is 18.2 Å². The fourth-order valence-electron chi connectivity index (χ4n) is 2.49. The van der Waals surface area contributed by atoms with Crippen LogP contribution in [0.25, 0.3) is 10.2 Å². The van der Waals surface area contributed by atoms with Crippen LogP contribution in [-0.4, -0.2) is 36.6 Å². The molecule has 0 spiro atoms. The molecule has 0 N–H and O–H groups in total. The fourth-order valence-corrected chi connectivity index (χ4v) is 3.56. The van der Waals surface area contributed by atoms with Gasteiger partial charge in [-0.25, -0.2) is 9.18 Å². The second-order valence-corrected chi connectivity index (χ2v) is 6.65. The molecule has 0 atom stereocenters. The number of amides is 1. The van der Waals surface area contributed by atoms with Crippen LogP contribution in [0.1, 0.15) is 20.7 Å². The van der Waals surface area contributed by atoms with Gasteiger partial charge in [0.1, 0.15) is 12.4 Å². The van der Waals surface area contributed by atoms with Crippen LogP contribution in [0.2, 0.25) is 0 Å². The molecule has 0 saturated heterocycles. The third-order valence-corrected chi connectivity index (χ3v) is 4.95. The Kier molecular flexibility index (Phi) is 5.65. The summed E-state index contributed by atoms with van der Waals surface area (Å²) in [6, 6.07) is 9.78. The van der Waals surface area contributed by atoms with Gasteiger partial charge in [0, 0.05) is 5.56 Å². The summed E-state index contributed by atoms with van der Waals surface area (Å²) >= 11 is 1.13. The number of methoxy groups -OCH3 is 2. The molecule has 0 aliphatic rings. The first-order chi connectivity index (χ1) is 13.4. The monoisotopic (exact) mass is 402 g/mol. The summed E-state index contributed by atoms with van der Waals surface area (Å²) in [6.07, 6.45) is 0. The van der Waals surface area contributed by atoms with Gasteiger partial charge in [0.15, 0.2) is 4.80 Å². The molecule has 144 valence electrons. The predicted octanol–water partition coefficient (Wildman–Crippen LogP) is 2.54. The van der Waals surface area contributed by atoms with Gasteiger partial charge in [-0.1, -0.05) is 11.3 Å². The van der Waals surface area contributed by atoms with Gasteiger partial charge in [-0.3, -0.25) is 9.59 Å². The number of benzene rings is 2. The molecular formula is C19H15FN2O5S. The van der Waals surface area contributed by atoms with E-state index in [0.29, 0.717) is 15.8 Å². The zero-order valence-electron chi connectivity index (χ0n) is 15.0. The highest BCUT2D eigenvalue weighted by Crippen LogP contribution is 2.20. The average Bonchev–Trinajstić information content (AvgIpc) is 3.03. The topological polar surface area (TPSA) is 87.0 Å². The summed E-state index contributed by atoms with van der Waals surface area (Å²) < 4.78 is 24.6. The van der Waals surface area contributed by atoms with Crippen molar-refractivity contribution in [2.75, 3.05) is 14.2 Å². The highest BCUT2D eigenvalue weighted by atomic mass is 32.1. The van der Waals surface area contributed by atoms with Gasteiger partial charge in [-0.2, -0.15) is 4.99 Å². The molecule has 0 saturated carbocycles. The molecule has 1 amide bonds. The molecule has 0 unspecified atom stereocenters. The Bertz CT molecular complexity index is 1130. The van der Waals surface area contributed by atoms with E-state index in [1.165, 1.54) is 43.1 Å². The number of thiazole rings is 1. The molecule has 0 radical (unpaired) electrons. The van der Waals surface area contributed by atoms with Gasteiger partial charge in [0.05, 0.1) is 30.0 Å². The number of carbonyl (C=O) groups excluding carboxylic acids is 3. The summed E-state index contributed by atoms with van der Waals surface area (Å²) in [5.41, 5.74) is 1.14. The molecule has 9 heteroatoms. The summed E-state index contributed by atoms with van der Waals surface area (Å²) in [6.45, 7) is -0.163. The molecule has 0 bridgehead atoms. The minimum atomic E-state index is -0.585. The first-order valence-electron chi connectivity index (χ1n) is 8.06. The van der Waals surface area contributed by atoms with Crippen molar-refractivity contribution in [2.45, 2.75) is 6.54 Å². The molecule has 0 aliphatic carbocycles. The lowest BCUT2D eigenvalue weighted by Gasteiger charge is -2.04. The summed E-state index contributed by atoms with van der Waals surface area (Å²) in [4.78, 5) is 40.3. The van der Waals surface area contributed by atoms with Crippen LogP contribution in [0.5, 0.6) is 0 Å². The van der Waals surface area contributed by atoms with Crippen LogP contribution >= 0.6 is 11.3 Å². The van der Waals surface area contributed by atoms with Crippen molar-refractivity contribution < 1.29 is 28.2 Å². The van der Waals surface area contributed by atoms with Crippen LogP contribution in [0.4, 0.5) is 4.39 Å². The Morgan fingerprint density at radius 2 is 1.71 bits per heavy atom. The maximum absolute atomic E-state index is 13.1. The molecule has 3 rings (SSSR count). The van der Waals surface area contributed by atoms with Gasteiger partial charge in [-0.05, 0) is 42.5 Å². The Hall–Kier alpha value is -3.33. The zero-order valence-corrected chi connectivity index (χ0v) is 15.8. The number of hydrogen-bond donors (Lipinski definition) is 0. The molecule has 0 aliphatic heterocycles. The maximum Gasteiger partial charge on any atom is 0.337 e. The number of carbonyl (C=O) groups is 3. The van der Waals surface area contributed by atoms with Crippen LogP contribution < -0.4 is 4.80 Å². The van der Waals surface area contributed by atoms with Crippen molar-refractivity contribution in [2.24, 2.45) is 4.99 Å². The number of hydrogen-bond acceptors (Lipinski definition) is 6. The number of nitrogens with zero attached hydrogens (tertiary/aromatic N) is 2. The predicted molar refractivity (Wildman–Crippen MR) is 99.5 cm³/mol. The molecule has 3 aromatic rings. The average molecular weight is 402 g/mol. The quantitative estimate of drug-likeness (QED) is 0.626. The van der Waals surface area contributed by atoms with Gasteiger partial charge in [-0.15, -0.1) is 0 Å². The number of ether oxygens (including phenoxy) is 2. The van der Waals surface area contributed by atoms with Gasteiger partial charge >= 0.3 is 11.9 Å². The zero-order chi connectivity index (χ0) is 20.3. The summed E-state index contributed by atoms with van der Waals surface area (Å²) in [5.74, 6) is -2.07. The van der Waals surface area contributed by atoms with Crippen molar-refractivity contribution in [3.63, 3.8) is 0 Å². The molecular weight excluding hydrogens is 387 g/mol. The largest absolute Gasteiger partial charge is 0.468 e. The number of halogens is 1. The van der Waals surface area contributed by atoms with Crippen LogP contribution in [-0.2, 0) is 20.8 Å². The van der Waals surface area contributed by atoms with Gasteiger partial charge in [0.25, 0.3) is 5.91 Å². The lowest BCUT2D eigenvalue weighted by Crippen LogP contribution is -2.22. The maximum atomic E-state index is 13.1. The number of rotatable bonds is 4. The van der Waals surface area contributed by atoms with Crippen molar-refractivity contribution in [3.05, 3.63) is 64.2 Å². The van der Waals surface area contributed by atoms with Gasteiger partial charge < -0.3 is 14.0 Å². The van der Waals surface area contributed by atoms with Crippen LogP contribution in [0, 0.1) is 5.82 Å². The van der Waals surface area contributed by atoms with Crippen LogP contribution in [0.15, 0.2) is 47.5 Å². The highest BCUT2D eigenvalue weighted by Gasteiger charge is 2.15. The molecule has 28 heavy (non-hydrogen) atoms. The standard InChI is InChI=1S/C19H15FN2O5S/c1-26-16(23)10-22-14-8-5-12(18(25)27-2)9-15(14)28-19(22)21-17(24)11-3-6-13(20)7-4-11/h3-9H,10H2,1-2H3. The smallest absolute Gasteiger partial charge is 0.337 e. The second-order valence-electron chi connectivity index (χ2n) is 5.64. The number of fused-ring (bicyclic) bond motifs is 1. The fraction of sp³-hybridized carbons (Fsp3) is 0.158. The number of esters is 2. The Morgan fingerprint density at radius 1 is 1.04 bits per heavy atom. The first-order valence-corrected chi connectivity index (χ1v) is 8.87. The van der Waals surface area contributed by atoms with E-state index >= 15 is 0 Å². The van der Waals surface area contributed by atoms with E-state index in [0.717, 1.165) is 11.3 Å². The highest BCUT2D eigenvalue weighted by molar-refractivity contribution is 7.16. The van der Waals surface area contributed by atoms with E-state index in [2.05, 4.69) is 4.99 Å². The van der Waals surface area contributed by atoms with Crippen LogP contribution in [0.3, 0.4) is 0 Å². The lowest BCUT2D eigenvalue weighted by atomic mass is 10.2. The third kappa shape index (κ3) is 3.99. The Morgan fingerprint density at radius 3 is 2.36 bits per heavy atom. The van der Waals surface area contributed by atoms with E-state index < -0.39 is 23.7 Å². The van der Waals surface area contributed by atoms with E-state index in [4.69, 9.17) is 9.47 Å². The molecule has 1 heterocycles. The minimum absolute atomic E-state index is 0.163. The van der Waals surface area contributed by atoms with Gasteiger partial charge in [0.2, 0.25) is 0 Å². The summed E-state index contributed by atoms with van der Waals surface area (Å²) in [5, 5.41) is 0. The van der Waals surface area contributed by atoms with E-state index in [-0.39, 0.29) is 16.9 Å².